The number of carbonyl (C=O) groups is 1. The van der Waals surface area contributed by atoms with Crippen molar-refractivity contribution in [1.82, 2.24) is 20.4 Å². The van der Waals surface area contributed by atoms with Gasteiger partial charge in [-0.15, -0.1) is 15.3 Å². The summed E-state index contributed by atoms with van der Waals surface area (Å²) in [6, 6.07) is 9.34. The Hall–Kier alpha value is -3.31. The molecule has 3 aromatic rings. The summed E-state index contributed by atoms with van der Waals surface area (Å²) in [4.78, 5) is 15.2. The quantitative estimate of drug-likeness (QED) is 0.474. The number of benzene rings is 1. The number of rotatable bonds is 10. The van der Waals surface area contributed by atoms with Crippen molar-refractivity contribution in [2.75, 3.05) is 44.6 Å². The van der Waals surface area contributed by atoms with Gasteiger partial charge in [-0.3, -0.25) is 4.79 Å². The monoisotopic (exact) mass is 470 g/mol. The Labute approximate surface area is 195 Å². The molecular weight excluding hydrogens is 444 g/mol. The summed E-state index contributed by atoms with van der Waals surface area (Å²) in [7, 11) is 4.63. The number of hydrogen-bond acceptors (Lipinski definition) is 11. The lowest BCUT2D eigenvalue weighted by molar-refractivity contribution is -0.128. The van der Waals surface area contributed by atoms with Crippen LogP contribution in [0, 0.1) is 0 Å². The first-order chi connectivity index (χ1) is 16.1. The van der Waals surface area contributed by atoms with Crippen molar-refractivity contribution in [2.24, 2.45) is 0 Å². The van der Waals surface area contributed by atoms with Gasteiger partial charge in [-0.1, -0.05) is 11.3 Å². The molecule has 0 saturated carbocycles. The van der Waals surface area contributed by atoms with Crippen LogP contribution in [0.3, 0.4) is 0 Å². The third-order valence-corrected chi connectivity index (χ3v) is 6.25. The summed E-state index contributed by atoms with van der Waals surface area (Å²) in [5.41, 5.74) is 0.664. The fraction of sp³-hybridized carbons (Fsp3) is 0.409. The molecule has 4 rings (SSSR count). The lowest BCUT2D eigenvalue weighted by atomic mass is 10.0. The summed E-state index contributed by atoms with van der Waals surface area (Å²) in [6.07, 6.45) is 1.98. The number of carbonyl (C=O) groups excluding carboxylic acids is 1. The molecule has 1 aliphatic heterocycles. The summed E-state index contributed by atoms with van der Waals surface area (Å²) < 4.78 is 16.1. The molecule has 1 fully saturated rings. The van der Waals surface area contributed by atoms with Crippen molar-refractivity contribution in [1.29, 1.82) is 0 Å². The van der Waals surface area contributed by atoms with Crippen LogP contribution >= 0.6 is 11.3 Å². The number of methoxy groups -OCH3 is 3. The molecule has 1 aliphatic rings. The Bertz CT molecular complexity index is 1060. The van der Waals surface area contributed by atoms with Crippen molar-refractivity contribution < 1.29 is 19.0 Å². The fourth-order valence-electron chi connectivity index (χ4n) is 3.78. The smallest absolute Gasteiger partial charge is 0.205 e. The van der Waals surface area contributed by atoms with Gasteiger partial charge in [-0.05, 0) is 36.2 Å². The van der Waals surface area contributed by atoms with Gasteiger partial charge in [0.2, 0.25) is 5.13 Å². The van der Waals surface area contributed by atoms with Gasteiger partial charge in [0.05, 0.1) is 20.6 Å². The Kier molecular flexibility index (Phi) is 7.30. The van der Waals surface area contributed by atoms with E-state index >= 15 is 0 Å². The minimum Gasteiger partial charge on any atom is -0.497 e. The van der Waals surface area contributed by atoms with Crippen LogP contribution in [0.5, 0.6) is 11.5 Å². The molecule has 33 heavy (non-hydrogen) atoms. The lowest BCUT2D eigenvalue weighted by Crippen LogP contribution is -2.26. The van der Waals surface area contributed by atoms with E-state index < -0.39 is 6.10 Å². The van der Waals surface area contributed by atoms with Crippen LogP contribution in [-0.2, 0) is 16.0 Å². The number of ketones is 1. The average Bonchev–Trinajstić information content (AvgIpc) is 3.49. The second-order valence-electron chi connectivity index (χ2n) is 7.56. The number of Topliss-reactive ketones (excluding diaryl/α,β-unsaturated/α-hetero) is 1. The van der Waals surface area contributed by atoms with Gasteiger partial charge in [0.25, 0.3) is 0 Å². The highest BCUT2D eigenvalue weighted by Gasteiger charge is 2.26. The van der Waals surface area contributed by atoms with Crippen molar-refractivity contribution in [3.05, 3.63) is 47.1 Å². The van der Waals surface area contributed by atoms with E-state index in [9.17, 15) is 4.79 Å². The van der Waals surface area contributed by atoms with Crippen LogP contribution in [0.1, 0.15) is 23.1 Å². The minimum atomic E-state index is -0.760. The third kappa shape index (κ3) is 5.55. The van der Waals surface area contributed by atoms with E-state index in [2.05, 4.69) is 30.6 Å². The highest BCUT2D eigenvalue weighted by molar-refractivity contribution is 7.15. The first kappa shape index (κ1) is 22.9. The lowest BCUT2D eigenvalue weighted by Gasteiger charge is -2.16. The molecule has 1 aromatic carbocycles. The molecule has 2 atom stereocenters. The Morgan fingerprint density at radius 2 is 1.97 bits per heavy atom. The van der Waals surface area contributed by atoms with Crippen LogP contribution in [0.2, 0.25) is 0 Å². The predicted molar refractivity (Wildman–Crippen MR) is 124 cm³/mol. The van der Waals surface area contributed by atoms with Crippen LogP contribution in [-0.4, -0.2) is 66.6 Å². The van der Waals surface area contributed by atoms with E-state index in [4.69, 9.17) is 14.2 Å². The van der Waals surface area contributed by atoms with Gasteiger partial charge in [-0.25, -0.2) is 0 Å². The summed E-state index contributed by atoms with van der Waals surface area (Å²) in [5.74, 6) is 1.93. The number of nitrogens with zero attached hydrogens (tertiary/aromatic N) is 5. The van der Waals surface area contributed by atoms with Crippen molar-refractivity contribution in [2.45, 2.75) is 25.0 Å². The minimum absolute atomic E-state index is 0.119. The van der Waals surface area contributed by atoms with E-state index in [0.717, 1.165) is 25.3 Å². The van der Waals surface area contributed by atoms with Gasteiger partial charge < -0.3 is 24.4 Å². The molecule has 0 amide bonds. The number of nitrogens with one attached hydrogen (secondary N) is 1. The zero-order valence-electron chi connectivity index (χ0n) is 18.7. The summed E-state index contributed by atoms with van der Waals surface area (Å²) >= 11 is 1.38. The van der Waals surface area contributed by atoms with Crippen molar-refractivity contribution in [3.8, 4) is 11.5 Å². The van der Waals surface area contributed by atoms with E-state index in [1.54, 1.807) is 38.6 Å². The van der Waals surface area contributed by atoms with Gasteiger partial charge in [0.15, 0.2) is 11.6 Å². The highest BCUT2D eigenvalue weighted by Crippen LogP contribution is 2.30. The van der Waals surface area contributed by atoms with Gasteiger partial charge in [0, 0.05) is 38.5 Å². The second kappa shape index (κ2) is 10.5. The topological polar surface area (TPSA) is 112 Å². The SMILES string of the molecule is COc1cc(OC)cc([C@H](OC)C(=O)Cc2nnc(N[C@@H]3CCN(c4cccnn4)C3)s2)c1. The van der Waals surface area contributed by atoms with Crippen LogP contribution in [0.15, 0.2) is 36.5 Å². The van der Waals surface area contributed by atoms with Gasteiger partial charge in [-0.2, -0.15) is 5.10 Å². The van der Waals surface area contributed by atoms with Crippen LogP contribution < -0.4 is 19.7 Å². The van der Waals surface area contributed by atoms with Crippen LogP contribution in [0.4, 0.5) is 10.9 Å². The number of ether oxygens (including phenoxy) is 3. The van der Waals surface area contributed by atoms with E-state index in [1.807, 2.05) is 12.1 Å². The van der Waals surface area contributed by atoms with Crippen LogP contribution in [0.25, 0.3) is 0 Å². The first-order valence-electron chi connectivity index (χ1n) is 10.5. The molecule has 2 aromatic heterocycles. The highest BCUT2D eigenvalue weighted by atomic mass is 32.1. The summed E-state index contributed by atoms with van der Waals surface area (Å²) in [6.45, 7) is 1.69. The fourth-order valence-corrected chi connectivity index (χ4v) is 4.61. The molecule has 11 heteroatoms. The normalized spacial score (nSPS) is 16.5. The van der Waals surface area contributed by atoms with Gasteiger partial charge in [0.1, 0.15) is 22.6 Å². The maximum Gasteiger partial charge on any atom is 0.205 e. The number of aromatic nitrogens is 4. The molecule has 3 heterocycles. The maximum absolute atomic E-state index is 13.0. The number of hydrogen-bond donors (Lipinski definition) is 1. The van der Waals surface area contributed by atoms with Crippen molar-refractivity contribution >= 4 is 28.1 Å². The Balaban J connectivity index is 1.37. The Morgan fingerprint density at radius 3 is 2.64 bits per heavy atom. The number of anilines is 2. The molecule has 0 aliphatic carbocycles. The molecule has 0 spiro atoms. The van der Waals surface area contributed by atoms with E-state index in [0.29, 0.717) is 27.2 Å². The molecule has 1 N–H and O–H groups in total. The molecule has 0 radical (unpaired) electrons. The maximum atomic E-state index is 13.0. The third-order valence-electron chi connectivity index (χ3n) is 5.40. The molecule has 10 nitrogen and oxygen atoms in total. The van der Waals surface area contributed by atoms with E-state index in [-0.39, 0.29) is 18.2 Å². The van der Waals surface area contributed by atoms with Crippen molar-refractivity contribution in [3.63, 3.8) is 0 Å². The van der Waals surface area contributed by atoms with Gasteiger partial charge >= 0.3 is 0 Å². The Morgan fingerprint density at radius 1 is 1.18 bits per heavy atom. The molecule has 0 bridgehead atoms. The zero-order chi connectivity index (χ0) is 23.2. The second-order valence-corrected chi connectivity index (χ2v) is 8.63. The predicted octanol–water partition coefficient (Wildman–Crippen LogP) is 2.54. The molecular formula is C22H26N6O4S. The standard InChI is InChI=1S/C22H26N6O4S/c1-30-16-9-14(10-17(11-16)31-2)21(32-3)18(29)12-20-26-27-22(33-20)24-15-6-8-28(13-15)19-5-4-7-23-25-19/h4-5,7,9-11,15,21H,6,8,12-13H2,1-3H3,(H,24,27)/t15-,21+/m1/s1. The molecule has 0 unspecified atom stereocenters. The molecule has 1 saturated heterocycles. The molecule has 174 valence electrons. The van der Waals surface area contributed by atoms with E-state index in [1.165, 1.54) is 18.4 Å². The summed E-state index contributed by atoms with van der Waals surface area (Å²) in [5, 5.41) is 21.3. The average molecular weight is 471 g/mol. The zero-order valence-corrected chi connectivity index (χ0v) is 19.5. The largest absolute Gasteiger partial charge is 0.497 e. The first-order valence-corrected chi connectivity index (χ1v) is 11.3.